The monoisotopic (exact) mass is 1170 g/mol. The van der Waals surface area contributed by atoms with Crippen LogP contribution in [0.4, 0.5) is 0 Å². The van der Waals surface area contributed by atoms with Crippen LogP contribution in [0.2, 0.25) is 0 Å². The van der Waals surface area contributed by atoms with Crippen molar-refractivity contribution in [2.45, 2.75) is 158 Å². The van der Waals surface area contributed by atoms with Crippen molar-refractivity contribution < 1.29 is 49.6 Å². The average molecular weight is 1170 g/mol. The van der Waals surface area contributed by atoms with Gasteiger partial charge in [-0.05, 0) is 181 Å². The Morgan fingerprint density at radius 3 is 2.54 bits per heavy atom. The van der Waals surface area contributed by atoms with E-state index in [4.69, 9.17) is 18.9 Å². The number of nitrogens with zero attached hydrogens (tertiary/aromatic N) is 1. The molecule has 454 valence electrons. The number of nitrogens with one attached hydrogen (secondary N) is 2. The topological polar surface area (TPSA) is 187 Å². The zero-order valence-electron chi connectivity index (χ0n) is 49.9. The molecule has 5 aromatic carbocycles. The molecule has 8 unspecified atom stereocenters. The highest BCUT2D eigenvalue weighted by Gasteiger charge is 2.63. The first-order valence-corrected chi connectivity index (χ1v) is 32.3. The Labute approximate surface area is 510 Å². The fraction of sp³-hybridized carbons (Fsp3) is 0.459. The number of benzene rings is 5. The van der Waals surface area contributed by atoms with Crippen LogP contribution < -0.4 is 15.4 Å². The van der Waals surface area contributed by atoms with Crippen LogP contribution in [-0.2, 0) is 64.9 Å². The molecule has 0 amide bonds. The maximum atomic E-state index is 12.4. The molecule has 13 nitrogen and oxygen atoms in total. The van der Waals surface area contributed by atoms with Crippen LogP contribution in [0.3, 0.4) is 0 Å². The Bertz CT molecular complexity index is 3720. The van der Waals surface area contributed by atoms with Gasteiger partial charge in [0, 0.05) is 82.5 Å². The van der Waals surface area contributed by atoms with Crippen molar-refractivity contribution in [2.75, 3.05) is 33.2 Å². The molecular formula is C74H83N3O10. The third-order valence-corrected chi connectivity index (χ3v) is 21.1. The van der Waals surface area contributed by atoms with Gasteiger partial charge in [-0.25, -0.2) is 0 Å². The maximum Gasteiger partial charge on any atom is 0.168 e. The molecule has 1 saturated heterocycles. The summed E-state index contributed by atoms with van der Waals surface area (Å²) < 4.78 is 29.8. The minimum Gasteiger partial charge on any atom is -0.508 e. The predicted molar refractivity (Wildman–Crippen MR) is 336 cm³/mol. The van der Waals surface area contributed by atoms with Gasteiger partial charge in [0.1, 0.15) is 30.1 Å². The molecular weight excluding hydrogens is 1090 g/mol. The molecule has 4 aliphatic carbocycles. The molecule has 0 radical (unpaired) electrons. The lowest BCUT2D eigenvalue weighted by Crippen LogP contribution is -2.64. The van der Waals surface area contributed by atoms with Gasteiger partial charge in [-0.3, -0.25) is 5.32 Å². The summed E-state index contributed by atoms with van der Waals surface area (Å²) in [5, 5.41) is 75.5. The van der Waals surface area contributed by atoms with Crippen molar-refractivity contribution in [2.24, 2.45) is 23.7 Å². The van der Waals surface area contributed by atoms with Gasteiger partial charge >= 0.3 is 0 Å². The van der Waals surface area contributed by atoms with Gasteiger partial charge in [-0.15, -0.1) is 0 Å². The first-order chi connectivity index (χ1) is 42.6. The molecule has 1 aromatic heterocycles. The molecule has 13 heteroatoms. The molecule has 6 heterocycles. The summed E-state index contributed by atoms with van der Waals surface area (Å²) in [5.41, 5.74) is 13.0. The number of phenolic OH excluding ortho intramolecular Hbond substituents is 3. The minimum atomic E-state index is -0.777. The second-order valence-electron chi connectivity index (χ2n) is 26.2. The van der Waals surface area contributed by atoms with E-state index >= 15 is 0 Å². The van der Waals surface area contributed by atoms with Gasteiger partial charge in [-0.2, -0.15) is 0 Å². The molecule has 9 aliphatic rings. The Balaban J connectivity index is 0.920. The molecule has 8 atom stereocenters. The van der Waals surface area contributed by atoms with Crippen molar-refractivity contribution in [3.8, 4) is 34.8 Å². The van der Waals surface area contributed by atoms with Crippen LogP contribution in [-0.4, -0.2) is 92.3 Å². The van der Waals surface area contributed by atoms with E-state index in [1.165, 1.54) is 41.5 Å². The third-order valence-electron chi connectivity index (χ3n) is 21.1. The molecule has 2 fully saturated rings. The molecule has 8 N–H and O–H groups in total. The van der Waals surface area contributed by atoms with E-state index in [1.54, 1.807) is 24.3 Å². The van der Waals surface area contributed by atoms with Crippen LogP contribution in [0.5, 0.6) is 23.0 Å². The minimum absolute atomic E-state index is 0.00462. The van der Waals surface area contributed by atoms with Crippen LogP contribution in [0.1, 0.15) is 145 Å². The predicted octanol–water partition coefficient (Wildman–Crippen LogP) is 11.3. The van der Waals surface area contributed by atoms with E-state index in [1.807, 2.05) is 30.4 Å². The van der Waals surface area contributed by atoms with E-state index in [0.29, 0.717) is 50.0 Å². The number of hydrogen-bond donors (Lipinski definition) is 8. The number of aliphatic hydroxyl groups excluding tert-OH is 3. The van der Waals surface area contributed by atoms with Crippen molar-refractivity contribution in [3.63, 3.8) is 0 Å². The van der Waals surface area contributed by atoms with Gasteiger partial charge in [0.05, 0.1) is 51.0 Å². The van der Waals surface area contributed by atoms with E-state index in [9.17, 15) is 30.6 Å². The Kier molecular flexibility index (Phi) is 16.4. The number of aryl methyl sites for hydroxylation is 3. The number of fused-ring (bicyclic) bond motifs is 3. The SMILES string of the molecule is OCCCOCNC1C=C2C#CC(CCc3ccc(O)c(Cc4cccc(O)c4)c3)CCCC3CC(O)C4C=Cc5c(c(CO)cc(O)c5OCc5cc(C67c8c9cccc8CCC6C6(CCCCC6)OCC7CC9)cc6cn(cc56)C(=C2CO3)N1)C4. The van der Waals surface area contributed by atoms with Crippen molar-refractivity contribution >= 4 is 22.7 Å². The summed E-state index contributed by atoms with van der Waals surface area (Å²) >= 11 is 0. The van der Waals surface area contributed by atoms with Gasteiger partial charge in [0.2, 0.25) is 0 Å². The summed E-state index contributed by atoms with van der Waals surface area (Å²) in [6.45, 7) is 1.53. The highest BCUT2D eigenvalue weighted by molar-refractivity contribution is 5.89. The Morgan fingerprint density at radius 2 is 1.69 bits per heavy atom. The van der Waals surface area contributed by atoms with E-state index < -0.39 is 12.3 Å². The number of aromatic nitrogens is 1. The number of ether oxygens (including phenoxy) is 4. The fourth-order valence-corrected chi connectivity index (χ4v) is 16.9. The average Bonchev–Trinajstić information content (AvgIpc) is 1.04. The Hall–Kier alpha value is -6.86. The van der Waals surface area contributed by atoms with Crippen LogP contribution in [0.25, 0.3) is 22.7 Å². The lowest BCUT2D eigenvalue weighted by Gasteiger charge is -2.63. The smallest absolute Gasteiger partial charge is 0.168 e. The van der Waals surface area contributed by atoms with Crippen LogP contribution in [0.15, 0.2) is 115 Å². The van der Waals surface area contributed by atoms with Gasteiger partial charge in [0.25, 0.3) is 0 Å². The molecule has 1 saturated carbocycles. The summed E-state index contributed by atoms with van der Waals surface area (Å²) in [4.78, 5) is 0. The van der Waals surface area contributed by atoms with E-state index in [-0.39, 0.29) is 91.2 Å². The van der Waals surface area contributed by atoms with E-state index in [0.717, 1.165) is 132 Å². The summed E-state index contributed by atoms with van der Waals surface area (Å²) in [5.74, 6) is 9.41. The zero-order valence-corrected chi connectivity index (χ0v) is 49.9. The number of dihydropyridines is 1. The Morgan fingerprint density at radius 1 is 0.828 bits per heavy atom. The maximum absolute atomic E-state index is 12.4. The highest BCUT2D eigenvalue weighted by Crippen LogP contribution is 2.64. The van der Waals surface area contributed by atoms with Crippen molar-refractivity contribution in [1.82, 2.24) is 15.2 Å². The summed E-state index contributed by atoms with van der Waals surface area (Å²) in [7, 11) is 0. The molecule has 87 heavy (non-hydrogen) atoms. The quantitative estimate of drug-likeness (QED) is 0.0311. The zero-order chi connectivity index (χ0) is 59.2. The first-order valence-electron chi connectivity index (χ1n) is 32.3. The first kappa shape index (κ1) is 57.9. The number of aromatic hydroxyl groups is 3. The van der Waals surface area contributed by atoms with Crippen molar-refractivity contribution in [1.29, 1.82) is 0 Å². The second-order valence-corrected chi connectivity index (χ2v) is 26.2. The fourth-order valence-electron chi connectivity index (χ4n) is 16.9. The number of rotatable bonds is 13. The summed E-state index contributed by atoms with van der Waals surface area (Å²) in [6, 6.07) is 26.6. The molecule has 8 bridgehead atoms. The number of aliphatic hydroxyl groups is 3. The van der Waals surface area contributed by atoms with Gasteiger partial charge < -0.3 is 59.5 Å². The largest absolute Gasteiger partial charge is 0.508 e. The summed E-state index contributed by atoms with van der Waals surface area (Å²) in [6.07, 6.45) is 24.8. The lowest BCUT2D eigenvalue weighted by molar-refractivity contribution is -0.193. The lowest BCUT2D eigenvalue weighted by atomic mass is 9.45. The number of hydrogen-bond acceptors (Lipinski definition) is 12. The second kappa shape index (κ2) is 24.6. The molecule has 1 spiro atoms. The number of phenols is 3. The van der Waals surface area contributed by atoms with Crippen molar-refractivity contribution in [3.05, 3.63) is 176 Å². The standard InChI is InChI=1S/C74H83N3O10/c78-28-7-29-84-45-75-69-37-51-18-16-46(14-15-47-17-24-65(81)53(30-47)31-48-9-4-12-59(80)32-48)8-5-13-60-38-66(82)52-20-23-61-62(35-52)55(41-79)36-67(83)71(61)86-42-56-34-58(33-54-39-77(40-63(54)56)72(76-69)64(51)44-85-60)74-57-22-19-49-10-6-11-50(70(49)74)21-25-68(74)73(87-43-57)26-2-1-3-27-73/h4,6,9-12,17,20,23-24,30,32-34,36-37,39-40,46,52,57,60,66,68-69,75-76,78-83H,1-3,5,7-8,13-15,19,21-22,25-29,31,35,38,41-45H2. The molecule has 5 aliphatic heterocycles. The third kappa shape index (κ3) is 11.1. The normalized spacial score (nSPS) is 26.2. The van der Waals surface area contributed by atoms with E-state index in [2.05, 4.69) is 81.9 Å². The molecule has 15 rings (SSSR count). The van der Waals surface area contributed by atoms with Crippen LogP contribution >= 0.6 is 0 Å². The van der Waals surface area contributed by atoms with Crippen LogP contribution in [0, 0.1) is 35.5 Å². The van der Waals surface area contributed by atoms with Gasteiger partial charge in [-0.1, -0.05) is 91.8 Å². The molecule has 6 aromatic rings. The van der Waals surface area contributed by atoms with Gasteiger partial charge in [0.15, 0.2) is 11.5 Å². The highest BCUT2D eigenvalue weighted by atomic mass is 16.5.